The van der Waals surface area contributed by atoms with Gasteiger partial charge in [0.05, 0.1) is 6.61 Å². The van der Waals surface area contributed by atoms with Crippen LogP contribution in [0.3, 0.4) is 0 Å². The van der Waals surface area contributed by atoms with E-state index in [2.05, 4.69) is 37.6 Å². The first kappa shape index (κ1) is 16.1. The van der Waals surface area contributed by atoms with Gasteiger partial charge in [-0.3, -0.25) is 0 Å². The number of ether oxygens (including phenoxy) is 1. The monoisotopic (exact) mass is 242 g/mol. The van der Waals surface area contributed by atoms with Gasteiger partial charge in [0.25, 0.3) is 0 Å². The first-order chi connectivity index (χ1) is 8.04. The van der Waals surface area contributed by atoms with Gasteiger partial charge in [0.1, 0.15) is 0 Å². The van der Waals surface area contributed by atoms with Gasteiger partial charge >= 0.3 is 5.97 Å². The van der Waals surface area contributed by atoms with E-state index in [-0.39, 0.29) is 5.97 Å². The average Bonchev–Trinajstić information content (AvgIpc) is 2.33. The molecule has 0 spiro atoms. The highest BCUT2D eigenvalue weighted by Crippen LogP contribution is 1.96. The average molecular weight is 242 g/mol. The summed E-state index contributed by atoms with van der Waals surface area (Å²) in [4.78, 5) is 13.7. The summed E-state index contributed by atoms with van der Waals surface area (Å²) < 4.78 is 4.87. The minimum atomic E-state index is -0.310. The molecular weight excluding hydrogens is 216 g/mol. The Bertz CT molecular complexity index is 238. The van der Waals surface area contributed by atoms with E-state index in [9.17, 15) is 4.79 Å². The quantitative estimate of drug-likeness (QED) is 0.490. The molecule has 0 radical (unpaired) electrons. The summed E-state index contributed by atoms with van der Waals surface area (Å²) in [5.74, 6) is -0.310. The minimum absolute atomic E-state index is 0.310. The molecular formula is C13H26N2O2. The van der Waals surface area contributed by atoms with Crippen molar-refractivity contribution in [2.45, 2.75) is 33.7 Å². The topological polar surface area (TPSA) is 41.6 Å². The van der Waals surface area contributed by atoms with Gasteiger partial charge in [-0.25, -0.2) is 4.79 Å². The summed E-state index contributed by atoms with van der Waals surface area (Å²) in [6.45, 7) is 15.9. The zero-order valence-electron chi connectivity index (χ0n) is 11.6. The first-order valence-corrected chi connectivity index (χ1v) is 6.35. The van der Waals surface area contributed by atoms with Crippen LogP contribution < -0.4 is 5.32 Å². The van der Waals surface area contributed by atoms with Crippen LogP contribution in [0.4, 0.5) is 0 Å². The van der Waals surface area contributed by atoms with Gasteiger partial charge in [0.15, 0.2) is 0 Å². The first-order valence-electron chi connectivity index (χ1n) is 6.35. The lowest BCUT2D eigenvalue weighted by Crippen LogP contribution is -2.40. The van der Waals surface area contributed by atoms with Crippen LogP contribution in [-0.4, -0.2) is 49.7 Å². The summed E-state index contributed by atoms with van der Waals surface area (Å²) in [6, 6.07) is 0.334. The Labute approximate surface area is 105 Å². The fourth-order valence-corrected chi connectivity index (χ4v) is 1.54. The van der Waals surface area contributed by atoms with E-state index < -0.39 is 0 Å². The Hall–Kier alpha value is -0.870. The predicted molar refractivity (Wildman–Crippen MR) is 71.0 cm³/mol. The van der Waals surface area contributed by atoms with E-state index in [4.69, 9.17) is 4.74 Å². The molecule has 0 bridgehead atoms. The lowest BCUT2D eigenvalue weighted by atomic mass is 10.2. The Kier molecular flexibility index (Phi) is 8.72. The summed E-state index contributed by atoms with van der Waals surface area (Å²) in [7, 11) is 0. The molecule has 0 saturated carbocycles. The molecule has 0 aromatic carbocycles. The highest BCUT2D eigenvalue weighted by atomic mass is 16.5. The van der Waals surface area contributed by atoms with Crippen LogP contribution in [0.1, 0.15) is 27.7 Å². The number of carbonyl (C=O) groups is 1. The Morgan fingerprint density at radius 3 is 2.41 bits per heavy atom. The van der Waals surface area contributed by atoms with Gasteiger partial charge < -0.3 is 15.0 Å². The molecule has 0 aliphatic heterocycles. The van der Waals surface area contributed by atoms with Crippen molar-refractivity contribution in [3.05, 3.63) is 12.2 Å². The van der Waals surface area contributed by atoms with Crippen molar-refractivity contribution in [1.82, 2.24) is 10.2 Å². The lowest BCUT2D eigenvalue weighted by Gasteiger charge is -2.23. The molecule has 0 aliphatic rings. The number of nitrogens with one attached hydrogen (secondary N) is 1. The second-order valence-corrected chi connectivity index (χ2v) is 4.09. The number of nitrogens with zero attached hydrogens (tertiary/aromatic N) is 1. The van der Waals surface area contributed by atoms with E-state index in [0.717, 1.165) is 19.6 Å². The molecule has 0 aromatic rings. The minimum Gasteiger partial charge on any atom is -0.463 e. The number of rotatable bonds is 9. The SMILES string of the molecule is C=C(CNC(C)CN(CC)CC)C(=O)OCC. The summed E-state index contributed by atoms with van der Waals surface area (Å²) in [6.07, 6.45) is 0. The molecule has 0 aliphatic carbocycles. The van der Waals surface area contributed by atoms with Crippen molar-refractivity contribution in [3.8, 4) is 0 Å². The fraction of sp³-hybridized carbons (Fsp3) is 0.769. The third-order valence-electron chi connectivity index (χ3n) is 2.65. The third kappa shape index (κ3) is 7.13. The Balaban J connectivity index is 3.86. The second-order valence-electron chi connectivity index (χ2n) is 4.09. The van der Waals surface area contributed by atoms with Crippen molar-refractivity contribution in [1.29, 1.82) is 0 Å². The zero-order chi connectivity index (χ0) is 13.3. The van der Waals surface area contributed by atoms with Crippen LogP contribution in [0.2, 0.25) is 0 Å². The molecule has 4 nitrogen and oxygen atoms in total. The van der Waals surface area contributed by atoms with Gasteiger partial charge in [0, 0.05) is 24.7 Å². The number of carbonyl (C=O) groups excluding carboxylic acids is 1. The van der Waals surface area contributed by atoms with Gasteiger partial charge in [-0.15, -0.1) is 0 Å². The van der Waals surface area contributed by atoms with Crippen LogP contribution in [0, 0.1) is 0 Å². The largest absolute Gasteiger partial charge is 0.463 e. The van der Waals surface area contributed by atoms with Crippen LogP contribution in [0.25, 0.3) is 0 Å². The van der Waals surface area contributed by atoms with E-state index >= 15 is 0 Å². The Morgan fingerprint density at radius 2 is 1.94 bits per heavy atom. The highest BCUT2D eigenvalue weighted by molar-refractivity contribution is 5.88. The molecule has 1 N–H and O–H groups in total. The smallest absolute Gasteiger partial charge is 0.334 e. The van der Waals surface area contributed by atoms with Crippen molar-refractivity contribution < 1.29 is 9.53 Å². The normalized spacial score (nSPS) is 12.5. The van der Waals surface area contributed by atoms with Crippen LogP contribution >= 0.6 is 0 Å². The molecule has 0 fully saturated rings. The van der Waals surface area contributed by atoms with Gasteiger partial charge in [-0.1, -0.05) is 20.4 Å². The van der Waals surface area contributed by atoms with Crippen LogP contribution in [0.15, 0.2) is 12.2 Å². The lowest BCUT2D eigenvalue weighted by molar-refractivity contribution is -0.138. The van der Waals surface area contributed by atoms with E-state index in [0.29, 0.717) is 24.8 Å². The zero-order valence-corrected chi connectivity index (χ0v) is 11.6. The molecule has 0 heterocycles. The molecule has 0 aromatic heterocycles. The molecule has 0 rings (SSSR count). The summed E-state index contributed by atoms with van der Waals surface area (Å²) >= 11 is 0. The maximum atomic E-state index is 11.3. The maximum Gasteiger partial charge on any atom is 0.334 e. The van der Waals surface area contributed by atoms with Crippen molar-refractivity contribution in [2.24, 2.45) is 0 Å². The molecule has 17 heavy (non-hydrogen) atoms. The van der Waals surface area contributed by atoms with E-state index in [1.807, 2.05) is 0 Å². The van der Waals surface area contributed by atoms with Crippen LogP contribution in [0.5, 0.6) is 0 Å². The summed E-state index contributed by atoms with van der Waals surface area (Å²) in [5.41, 5.74) is 0.484. The number of hydrogen-bond acceptors (Lipinski definition) is 4. The van der Waals surface area contributed by atoms with Crippen molar-refractivity contribution in [2.75, 3.05) is 32.8 Å². The molecule has 100 valence electrons. The van der Waals surface area contributed by atoms with Gasteiger partial charge in [-0.2, -0.15) is 0 Å². The molecule has 0 saturated heterocycles. The summed E-state index contributed by atoms with van der Waals surface area (Å²) in [5, 5.41) is 3.28. The predicted octanol–water partition coefficient (Wildman–Crippen LogP) is 1.43. The van der Waals surface area contributed by atoms with Gasteiger partial charge in [-0.05, 0) is 26.9 Å². The van der Waals surface area contributed by atoms with E-state index in [1.54, 1.807) is 6.92 Å². The van der Waals surface area contributed by atoms with Crippen molar-refractivity contribution in [3.63, 3.8) is 0 Å². The maximum absolute atomic E-state index is 11.3. The number of likely N-dealkylation sites (N-methyl/N-ethyl adjacent to an activating group) is 1. The molecule has 4 heteroatoms. The molecule has 1 atom stereocenters. The van der Waals surface area contributed by atoms with Gasteiger partial charge in [0.2, 0.25) is 0 Å². The number of esters is 1. The van der Waals surface area contributed by atoms with Crippen molar-refractivity contribution >= 4 is 5.97 Å². The Morgan fingerprint density at radius 1 is 1.35 bits per heavy atom. The third-order valence-corrected chi connectivity index (χ3v) is 2.65. The molecule has 0 amide bonds. The number of hydrogen-bond donors (Lipinski definition) is 1. The second kappa shape index (κ2) is 9.19. The highest BCUT2D eigenvalue weighted by Gasteiger charge is 2.10. The van der Waals surface area contributed by atoms with E-state index in [1.165, 1.54) is 0 Å². The molecule has 1 unspecified atom stereocenters. The fourth-order valence-electron chi connectivity index (χ4n) is 1.54. The van der Waals surface area contributed by atoms with Crippen LogP contribution in [-0.2, 0) is 9.53 Å². The standard InChI is InChI=1S/C13H26N2O2/c1-6-15(7-2)10-12(5)14-9-11(4)13(16)17-8-3/h12,14H,4,6-10H2,1-3,5H3.